The molecular weight excluding hydrogens is 260 g/mol. The standard InChI is InChI=1S/C13H18N4O3/c1-13(2,3)20-12(19)17-9-7-15-10-8(16-11(9)18)5-4-6-14-10/h4-6,9H,7H2,1-3H3,(H,14,15)(H,16,18)(H,17,19)/t9-/m0/s1. The van der Waals surface area contributed by atoms with Gasteiger partial charge in [-0.05, 0) is 32.9 Å². The molecule has 1 aromatic heterocycles. The lowest BCUT2D eigenvalue weighted by molar-refractivity contribution is -0.117. The molecule has 0 spiro atoms. The third-order valence-electron chi connectivity index (χ3n) is 2.55. The lowest BCUT2D eigenvalue weighted by Crippen LogP contribution is -2.48. The van der Waals surface area contributed by atoms with Crippen molar-refractivity contribution in [2.24, 2.45) is 0 Å². The average molecular weight is 278 g/mol. The number of alkyl carbamates (subject to hydrolysis) is 1. The summed E-state index contributed by atoms with van der Waals surface area (Å²) in [6, 6.07) is 2.74. The van der Waals surface area contributed by atoms with Crippen molar-refractivity contribution in [2.45, 2.75) is 32.4 Å². The van der Waals surface area contributed by atoms with Crippen LogP contribution in [0.15, 0.2) is 18.3 Å². The number of nitrogens with one attached hydrogen (secondary N) is 3. The van der Waals surface area contributed by atoms with E-state index >= 15 is 0 Å². The highest BCUT2D eigenvalue weighted by atomic mass is 16.6. The molecule has 0 bridgehead atoms. The Hall–Kier alpha value is -2.31. The number of hydrogen-bond acceptors (Lipinski definition) is 5. The minimum Gasteiger partial charge on any atom is -0.444 e. The number of ether oxygens (including phenoxy) is 1. The first-order chi connectivity index (χ1) is 9.35. The van der Waals surface area contributed by atoms with E-state index in [2.05, 4.69) is 20.9 Å². The van der Waals surface area contributed by atoms with Gasteiger partial charge in [-0.1, -0.05) is 0 Å². The molecule has 0 aliphatic carbocycles. The van der Waals surface area contributed by atoms with Crippen molar-refractivity contribution in [2.75, 3.05) is 17.2 Å². The van der Waals surface area contributed by atoms with E-state index in [1.165, 1.54) is 0 Å². The maximum absolute atomic E-state index is 12.0. The lowest BCUT2D eigenvalue weighted by atomic mass is 10.2. The van der Waals surface area contributed by atoms with Crippen LogP contribution < -0.4 is 16.0 Å². The Bertz CT molecular complexity index is 525. The molecule has 0 saturated heterocycles. The number of pyridine rings is 1. The third kappa shape index (κ3) is 3.59. The van der Waals surface area contributed by atoms with Crippen LogP contribution in [0.5, 0.6) is 0 Å². The maximum atomic E-state index is 12.0. The minimum absolute atomic E-state index is 0.245. The topological polar surface area (TPSA) is 92.3 Å². The summed E-state index contributed by atoms with van der Waals surface area (Å²) in [5.41, 5.74) is -0.0190. The summed E-state index contributed by atoms with van der Waals surface area (Å²) in [5.74, 6) is 0.268. The van der Waals surface area contributed by atoms with Crippen LogP contribution in [0.3, 0.4) is 0 Å². The number of fused-ring (bicyclic) bond motifs is 1. The Labute approximate surface area is 117 Å². The van der Waals surface area contributed by atoms with Crippen molar-refractivity contribution in [3.63, 3.8) is 0 Å². The van der Waals surface area contributed by atoms with Gasteiger partial charge < -0.3 is 20.7 Å². The third-order valence-corrected chi connectivity index (χ3v) is 2.55. The molecule has 2 rings (SSSR count). The number of rotatable bonds is 1. The number of aromatic nitrogens is 1. The fraction of sp³-hybridized carbons (Fsp3) is 0.462. The second kappa shape index (κ2) is 5.36. The molecular formula is C13H18N4O3. The van der Waals surface area contributed by atoms with E-state index in [-0.39, 0.29) is 12.5 Å². The molecule has 1 aliphatic rings. The zero-order valence-electron chi connectivity index (χ0n) is 11.7. The fourth-order valence-corrected chi connectivity index (χ4v) is 1.72. The molecule has 7 heteroatoms. The molecule has 1 aliphatic heterocycles. The van der Waals surface area contributed by atoms with E-state index in [9.17, 15) is 9.59 Å². The van der Waals surface area contributed by atoms with Crippen LogP contribution in [0.1, 0.15) is 20.8 Å². The van der Waals surface area contributed by atoms with Gasteiger partial charge in [0.15, 0.2) is 0 Å². The van der Waals surface area contributed by atoms with Crippen LogP contribution in [0, 0.1) is 0 Å². The van der Waals surface area contributed by atoms with Crippen molar-refractivity contribution in [1.29, 1.82) is 0 Å². The molecule has 1 atom stereocenters. The van der Waals surface area contributed by atoms with E-state index in [1.54, 1.807) is 39.1 Å². The Morgan fingerprint density at radius 3 is 2.95 bits per heavy atom. The van der Waals surface area contributed by atoms with E-state index < -0.39 is 17.7 Å². The van der Waals surface area contributed by atoms with Crippen LogP contribution >= 0.6 is 0 Å². The van der Waals surface area contributed by atoms with Crippen LogP contribution in [0.25, 0.3) is 0 Å². The van der Waals surface area contributed by atoms with Gasteiger partial charge in [0.25, 0.3) is 0 Å². The molecule has 0 unspecified atom stereocenters. The normalized spacial score (nSPS) is 18.1. The minimum atomic E-state index is -0.723. The van der Waals surface area contributed by atoms with Gasteiger partial charge in [0, 0.05) is 12.7 Å². The van der Waals surface area contributed by atoms with Gasteiger partial charge >= 0.3 is 6.09 Å². The second-order valence-electron chi connectivity index (χ2n) is 5.47. The molecule has 2 amide bonds. The summed E-state index contributed by atoms with van der Waals surface area (Å²) in [6.07, 6.45) is 0.998. The predicted molar refractivity (Wildman–Crippen MR) is 74.5 cm³/mol. The predicted octanol–water partition coefficient (Wildman–Crippen LogP) is 1.34. The molecule has 0 aromatic carbocycles. The summed E-state index contributed by atoms with van der Waals surface area (Å²) in [5, 5.41) is 8.25. The summed E-state index contributed by atoms with van der Waals surface area (Å²) in [4.78, 5) is 27.8. The highest BCUT2D eigenvalue weighted by Gasteiger charge is 2.27. The van der Waals surface area contributed by atoms with E-state index in [0.29, 0.717) is 11.5 Å². The molecule has 2 heterocycles. The van der Waals surface area contributed by atoms with E-state index in [0.717, 1.165) is 0 Å². The van der Waals surface area contributed by atoms with Gasteiger partial charge in [0.2, 0.25) is 5.91 Å². The van der Waals surface area contributed by atoms with Gasteiger partial charge in [-0.25, -0.2) is 9.78 Å². The van der Waals surface area contributed by atoms with Crippen molar-refractivity contribution in [3.05, 3.63) is 18.3 Å². The summed E-state index contributed by atoms with van der Waals surface area (Å²) in [7, 11) is 0. The number of anilines is 2. The van der Waals surface area contributed by atoms with Crippen molar-refractivity contribution >= 4 is 23.5 Å². The second-order valence-corrected chi connectivity index (χ2v) is 5.47. The average Bonchev–Trinajstić information content (AvgIpc) is 2.47. The fourth-order valence-electron chi connectivity index (χ4n) is 1.72. The molecule has 0 radical (unpaired) electrons. The largest absolute Gasteiger partial charge is 0.444 e. The van der Waals surface area contributed by atoms with Crippen LogP contribution in [-0.2, 0) is 9.53 Å². The molecule has 20 heavy (non-hydrogen) atoms. The first kappa shape index (κ1) is 14.1. The van der Waals surface area contributed by atoms with Gasteiger partial charge in [-0.3, -0.25) is 4.79 Å². The van der Waals surface area contributed by atoms with E-state index in [1.807, 2.05) is 0 Å². The maximum Gasteiger partial charge on any atom is 0.408 e. The summed E-state index contributed by atoms with van der Waals surface area (Å²) >= 11 is 0. The van der Waals surface area contributed by atoms with Gasteiger partial charge in [0.1, 0.15) is 17.5 Å². The lowest BCUT2D eigenvalue weighted by Gasteiger charge is -2.22. The molecule has 0 saturated carbocycles. The number of amides is 2. The van der Waals surface area contributed by atoms with Crippen molar-refractivity contribution < 1.29 is 14.3 Å². The van der Waals surface area contributed by atoms with Crippen LogP contribution in [0.4, 0.5) is 16.3 Å². The highest BCUT2D eigenvalue weighted by molar-refractivity contribution is 6.00. The summed E-state index contributed by atoms with van der Waals surface area (Å²) in [6.45, 7) is 5.53. The SMILES string of the molecule is CC(C)(C)OC(=O)N[C@H]1CNc2ncccc2NC1=O. The van der Waals surface area contributed by atoms with Crippen molar-refractivity contribution in [3.8, 4) is 0 Å². The Balaban J connectivity index is 2.02. The quantitative estimate of drug-likeness (QED) is 0.721. The monoisotopic (exact) mass is 278 g/mol. The van der Waals surface area contributed by atoms with Crippen LogP contribution in [0.2, 0.25) is 0 Å². The Morgan fingerprint density at radius 1 is 1.50 bits per heavy atom. The molecule has 1 aromatic rings. The van der Waals surface area contributed by atoms with Gasteiger partial charge in [-0.15, -0.1) is 0 Å². The Morgan fingerprint density at radius 2 is 2.25 bits per heavy atom. The molecule has 3 N–H and O–H groups in total. The van der Waals surface area contributed by atoms with Crippen LogP contribution in [-0.4, -0.2) is 35.2 Å². The van der Waals surface area contributed by atoms with E-state index in [4.69, 9.17) is 4.74 Å². The number of hydrogen-bond donors (Lipinski definition) is 3. The zero-order chi connectivity index (χ0) is 14.8. The smallest absolute Gasteiger partial charge is 0.408 e. The molecule has 108 valence electrons. The zero-order valence-corrected chi connectivity index (χ0v) is 11.7. The van der Waals surface area contributed by atoms with Crippen molar-refractivity contribution in [1.82, 2.24) is 10.3 Å². The number of carbonyl (C=O) groups is 2. The summed E-state index contributed by atoms with van der Waals surface area (Å²) < 4.78 is 5.13. The molecule has 0 fully saturated rings. The Kier molecular flexibility index (Phi) is 3.78. The highest BCUT2D eigenvalue weighted by Crippen LogP contribution is 2.20. The number of nitrogens with zero attached hydrogens (tertiary/aromatic N) is 1. The van der Waals surface area contributed by atoms with Gasteiger partial charge in [0.05, 0.1) is 5.69 Å². The molecule has 7 nitrogen and oxygen atoms in total. The number of carbonyl (C=O) groups excluding carboxylic acids is 2. The van der Waals surface area contributed by atoms with Gasteiger partial charge in [-0.2, -0.15) is 0 Å². The first-order valence-electron chi connectivity index (χ1n) is 6.34. The first-order valence-corrected chi connectivity index (χ1v) is 6.34.